The predicted molar refractivity (Wildman–Crippen MR) is 50.4 cm³/mol. The second-order valence-electron chi connectivity index (χ2n) is 3.70. The average Bonchev–Trinajstić information content (AvgIpc) is 2.60. The van der Waals surface area contributed by atoms with Crippen molar-refractivity contribution >= 4 is 0 Å². The van der Waals surface area contributed by atoms with Crippen molar-refractivity contribution in [2.45, 2.75) is 31.9 Å². The smallest absolute Gasteiger partial charge is 0.313 e. The summed E-state index contributed by atoms with van der Waals surface area (Å²) >= 11 is 0. The van der Waals surface area contributed by atoms with Crippen molar-refractivity contribution in [2.75, 3.05) is 7.05 Å². The number of aryl methyl sites for hydroxylation is 1. The minimum absolute atomic E-state index is 0.249. The summed E-state index contributed by atoms with van der Waals surface area (Å²) in [6.07, 6.45) is 6.18. The zero-order valence-electron chi connectivity index (χ0n) is 8.13. The van der Waals surface area contributed by atoms with Gasteiger partial charge in [0.2, 0.25) is 0 Å². The SMILES string of the molecule is CNC1CCCc2cn(C(F)F)cc21. The van der Waals surface area contributed by atoms with E-state index in [0.29, 0.717) is 0 Å². The lowest BCUT2D eigenvalue weighted by Crippen LogP contribution is -2.20. The zero-order valence-corrected chi connectivity index (χ0v) is 8.13. The number of nitrogens with one attached hydrogen (secondary N) is 1. The zero-order chi connectivity index (χ0) is 10.1. The van der Waals surface area contributed by atoms with Crippen molar-refractivity contribution in [3.8, 4) is 0 Å². The van der Waals surface area contributed by atoms with Crippen molar-refractivity contribution in [3.05, 3.63) is 23.5 Å². The van der Waals surface area contributed by atoms with Gasteiger partial charge in [0.05, 0.1) is 0 Å². The third-order valence-corrected chi connectivity index (χ3v) is 2.85. The molecular formula is C10H14F2N2. The Hall–Kier alpha value is -0.900. The number of hydrogen-bond donors (Lipinski definition) is 1. The van der Waals surface area contributed by atoms with Crippen LogP contribution in [0.2, 0.25) is 0 Å². The van der Waals surface area contributed by atoms with E-state index in [-0.39, 0.29) is 6.04 Å². The molecule has 1 aromatic heterocycles. The normalized spacial score (nSPS) is 21.3. The number of fused-ring (bicyclic) bond motifs is 1. The molecule has 0 aromatic carbocycles. The Balaban J connectivity index is 2.33. The molecule has 0 bridgehead atoms. The molecule has 0 aliphatic heterocycles. The minimum atomic E-state index is -2.42. The molecule has 1 unspecified atom stereocenters. The standard InChI is InChI=1S/C10H14F2N2/c1-13-9-4-2-3-7-5-14(10(11)12)6-8(7)9/h5-6,9-10,13H,2-4H2,1H3. The van der Waals surface area contributed by atoms with Gasteiger partial charge in [-0.3, -0.25) is 4.57 Å². The topological polar surface area (TPSA) is 17.0 Å². The van der Waals surface area contributed by atoms with E-state index in [1.54, 1.807) is 12.4 Å². The molecule has 14 heavy (non-hydrogen) atoms. The van der Waals surface area contributed by atoms with Crippen LogP contribution in [-0.2, 0) is 6.42 Å². The molecule has 0 saturated heterocycles. The molecular weight excluding hydrogens is 186 g/mol. The Labute approximate surface area is 81.9 Å². The first-order valence-electron chi connectivity index (χ1n) is 4.88. The molecule has 2 rings (SSSR count). The number of halogens is 2. The highest BCUT2D eigenvalue weighted by Crippen LogP contribution is 2.31. The van der Waals surface area contributed by atoms with Gasteiger partial charge in [-0.25, -0.2) is 0 Å². The van der Waals surface area contributed by atoms with Crippen LogP contribution in [0.1, 0.15) is 36.6 Å². The summed E-state index contributed by atoms with van der Waals surface area (Å²) in [5.41, 5.74) is 2.11. The van der Waals surface area contributed by atoms with Crippen LogP contribution in [0.4, 0.5) is 8.78 Å². The van der Waals surface area contributed by atoms with Gasteiger partial charge in [0, 0.05) is 18.4 Å². The molecule has 1 aromatic rings. The Bertz CT molecular complexity index is 320. The van der Waals surface area contributed by atoms with Gasteiger partial charge < -0.3 is 5.32 Å². The summed E-state index contributed by atoms with van der Waals surface area (Å²) in [7, 11) is 1.87. The number of alkyl halides is 2. The van der Waals surface area contributed by atoms with Gasteiger partial charge in [0.25, 0.3) is 0 Å². The van der Waals surface area contributed by atoms with Crippen LogP contribution >= 0.6 is 0 Å². The lowest BCUT2D eigenvalue weighted by Gasteiger charge is -2.21. The van der Waals surface area contributed by atoms with E-state index in [2.05, 4.69) is 5.32 Å². The van der Waals surface area contributed by atoms with Gasteiger partial charge in [-0.15, -0.1) is 0 Å². The molecule has 4 heteroatoms. The van der Waals surface area contributed by atoms with Gasteiger partial charge in [0.15, 0.2) is 0 Å². The fourth-order valence-corrected chi connectivity index (χ4v) is 2.12. The van der Waals surface area contributed by atoms with Crippen LogP contribution in [-0.4, -0.2) is 11.6 Å². The lowest BCUT2D eigenvalue weighted by atomic mass is 9.91. The van der Waals surface area contributed by atoms with E-state index in [1.165, 1.54) is 0 Å². The van der Waals surface area contributed by atoms with Crippen LogP contribution in [0.25, 0.3) is 0 Å². The summed E-state index contributed by atoms with van der Waals surface area (Å²) in [5, 5.41) is 3.15. The van der Waals surface area contributed by atoms with E-state index in [1.807, 2.05) is 7.05 Å². The summed E-state index contributed by atoms with van der Waals surface area (Å²) in [4.78, 5) is 0. The molecule has 1 heterocycles. The molecule has 0 saturated carbocycles. The molecule has 0 spiro atoms. The molecule has 1 N–H and O–H groups in total. The fourth-order valence-electron chi connectivity index (χ4n) is 2.12. The molecule has 2 nitrogen and oxygen atoms in total. The molecule has 0 amide bonds. The quantitative estimate of drug-likeness (QED) is 0.776. The first-order valence-corrected chi connectivity index (χ1v) is 4.88. The van der Waals surface area contributed by atoms with Crippen LogP contribution < -0.4 is 5.32 Å². The van der Waals surface area contributed by atoms with Crippen molar-refractivity contribution < 1.29 is 8.78 Å². The number of aromatic nitrogens is 1. The van der Waals surface area contributed by atoms with E-state index in [9.17, 15) is 8.78 Å². The number of hydrogen-bond acceptors (Lipinski definition) is 1. The van der Waals surface area contributed by atoms with Crippen LogP contribution in [0.3, 0.4) is 0 Å². The Morgan fingerprint density at radius 2 is 2.29 bits per heavy atom. The van der Waals surface area contributed by atoms with Gasteiger partial charge >= 0.3 is 6.55 Å². The molecule has 1 atom stereocenters. The highest BCUT2D eigenvalue weighted by Gasteiger charge is 2.22. The summed E-state index contributed by atoms with van der Waals surface area (Å²) in [5.74, 6) is 0. The van der Waals surface area contributed by atoms with Crippen molar-refractivity contribution in [3.63, 3.8) is 0 Å². The maximum Gasteiger partial charge on any atom is 0.318 e. The largest absolute Gasteiger partial charge is 0.318 e. The van der Waals surface area contributed by atoms with Gasteiger partial charge in [-0.05, 0) is 37.4 Å². The van der Waals surface area contributed by atoms with E-state index in [4.69, 9.17) is 0 Å². The third kappa shape index (κ3) is 1.54. The highest BCUT2D eigenvalue weighted by molar-refractivity contribution is 5.30. The summed E-state index contributed by atoms with van der Waals surface area (Å²) in [6.45, 7) is -2.42. The number of nitrogens with zero attached hydrogens (tertiary/aromatic N) is 1. The molecule has 78 valence electrons. The summed E-state index contributed by atoms with van der Waals surface area (Å²) in [6, 6.07) is 0.249. The fraction of sp³-hybridized carbons (Fsp3) is 0.600. The van der Waals surface area contributed by atoms with E-state index in [0.717, 1.165) is 35.0 Å². The van der Waals surface area contributed by atoms with Crippen LogP contribution in [0, 0.1) is 0 Å². The second-order valence-corrected chi connectivity index (χ2v) is 3.70. The lowest BCUT2D eigenvalue weighted by molar-refractivity contribution is 0.0704. The van der Waals surface area contributed by atoms with E-state index >= 15 is 0 Å². The molecule has 0 fully saturated rings. The highest BCUT2D eigenvalue weighted by atomic mass is 19.3. The van der Waals surface area contributed by atoms with Gasteiger partial charge in [-0.1, -0.05) is 0 Å². The first-order chi connectivity index (χ1) is 6.72. The van der Waals surface area contributed by atoms with E-state index < -0.39 is 6.55 Å². The van der Waals surface area contributed by atoms with Crippen LogP contribution in [0.15, 0.2) is 12.4 Å². The Morgan fingerprint density at radius 3 is 2.93 bits per heavy atom. The van der Waals surface area contributed by atoms with Crippen molar-refractivity contribution in [2.24, 2.45) is 0 Å². The maximum atomic E-state index is 12.4. The Morgan fingerprint density at radius 1 is 1.50 bits per heavy atom. The van der Waals surface area contributed by atoms with Gasteiger partial charge in [0.1, 0.15) is 0 Å². The maximum absolute atomic E-state index is 12.4. The minimum Gasteiger partial charge on any atom is -0.313 e. The molecule has 1 aliphatic rings. The average molecular weight is 200 g/mol. The molecule has 1 aliphatic carbocycles. The number of rotatable bonds is 2. The van der Waals surface area contributed by atoms with Crippen molar-refractivity contribution in [1.29, 1.82) is 0 Å². The first kappa shape index (κ1) is 9.65. The van der Waals surface area contributed by atoms with Gasteiger partial charge in [-0.2, -0.15) is 8.78 Å². The summed E-state index contributed by atoms with van der Waals surface area (Å²) < 4.78 is 25.9. The Kier molecular flexibility index (Phi) is 2.54. The third-order valence-electron chi connectivity index (χ3n) is 2.85. The second kappa shape index (κ2) is 3.69. The molecule has 0 radical (unpaired) electrons. The van der Waals surface area contributed by atoms with Crippen LogP contribution in [0.5, 0.6) is 0 Å². The van der Waals surface area contributed by atoms with Crippen molar-refractivity contribution in [1.82, 2.24) is 9.88 Å². The monoisotopic (exact) mass is 200 g/mol. The predicted octanol–water partition coefficient (Wildman–Crippen LogP) is 2.48.